The number of ether oxygens (including phenoxy) is 1. The first-order chi connectivity index (χ1) is 9.15. The van der Waals surface area contributed by atoms with Crippen molar-refractivity contribution in [1.82, 2.24) is 0 Å². The third kappa shape index (κ3) is 3.03. The standard InChI is InChI=1S/C14H14N2OS2/c1-4-8-16-10(3)19-13-9-11(6-7-12(13)16)15-14(18)17-5-2/h1,6-7,9H,5,8H2,2-3H3/p+1. The average Bonchev–Trinajstić information content (AvgIpc) is 2.66. The van der Waals surface area contributed by atoms with Gasteiger partial charge in [0.25, 0.3) is 5.17 Å². The second-order valence-electron chi connectivity index (χ2n) is 3.94. The number of thiocarbonyl (C=S) groups is 1. The molecule has 0 amide bonds. The molecule has 0 radical (unpaired) electrons. The van der Waals surface area contributed by atoms with Gasteiger partial charge in [-0.25, -0.2) is 0 Å². The van der Waals surface area contributed by atoms with Crippen LogP contribution in [-0.4, -0.2) is 11.8 Å². The molecular formula is C14H15N2OS2+. The van der Waals surface area contributed by atoms with Crippen LogP contribution in [-0.2, 0) is 11.3 Å². The summed E-state index contributed by atoms with van der Waals surface area (Å²) in [6.45, 7) is 5.13. The lowest BCUT2D eigenvalue weighted by Crippen LogP contribution is -2.34. The van der Waals surface area contributed by atoms with Crippen molar-refractivity contribution in [1.29, 1.82) is 0 Å². The third-order valence-corrected chi connectivity index (χ3v) is 3.94. The second-order valence-corrected chi connectivity index (χ2v) is 5.54. The molecule has 1 N–H and O–H groups in total. The van der Waals surface area contributed by atoms with E-state index in [0.29, 0.717) is 18.3 Å². The SMILES string of the molecule is C#CC[n+]1c(C)sc2cc(NC(=S)OCC)ccc21. The first kappa shape index (κ1) is 13.8. The van der Waals surface area contributed by atoms with Crippen molar-refractivity contribution in [3.05, 3.63) is 23.2 Å². The molecule has 0 fully saturated rings. The molecule has 0 spiro atoms. The zero-order valence-corrected chi connectivity index (χ0v) is 12.5. The maximum Gasteiger partial charge on any atom is 0.261 e. The van der Waals surface area contributed by atoms with E-state index in [0.717, 1.165) is 11.2 Å². The number of aryl methyl sites for hydroxylation is 1. The molecule has 0 atom stereocenters. The molecule has 0 unspecified atom stereocenters. The van der Waals surface area contributed by atoms with Crippen molar-refractivity contribution in [2.45, 2.75) is 20.4 Å². The average molecular weight is 291 g/mol. The van der Waals surface area contributed by atoms with Crippen molar-refractivity contribution in [3.8, 4) is 12.3 Å². The zero-order valence-electron chi connectivity index (χ0n) is 10.9. The van der Waals surface area contributed by atoms with E-state index in [1.54, 1.807) is 11.3 Å². The lowest BCUT2D eigenvalue weighted by Gasteiger charge is -2.07. The molecule has 98 valence electrons. The summed E-state index contributed by atoms with van der Waals surface area (Å²) in [4.78, 5) is 0. The lowest BCUT2D eigenvalue weighted by atomic mass is 10.3. The molecule has 1 heterocycles. The molecule has 0 bridgehead atoms. The first-order valence-electron chi connectivity index (χ1n) is 5.96. The number of thiazole rings is 1. The van der Waals surface area contributed by atoms with Crippen molar-refractivity contribution >= 4 is 44.6 Å². The van der Waals surface area contributed by atoms with Crippen LogP contribution < -0.4 is 9.88 Å². The van der Waals surface area contributed by atoms with E-state index in [2.05, 4.69) is 28.8 Å². The summed E-state index contributed by atoms with van der Waals surface area (Å²) in [6, 6.07) is 6.09. The summed E-state index contributed by atoms with van der Waals surface area (Å²) in [7, 11) is 0. The van der Waals surface area contributed by atoms with Gasteiger partial charge in [0, 0.05) is 18.7 Å². The van der Waals surface area contributed by atoms with E-state index in [1.165, 1.54) is 9.71 Å². The Morgan fingerprint density at radius 1 is 1.58 bits per heavy atom. The van der Waals surface area contributed by atoms with Crippen molar-refractivity contribution in [2.24, 2.45) is 0 Å². The summed E-state index contributed by atoms with van der Waals surface area (Å²) in [5.74, 6) is 2.68. The number of nitrogens with zero attached hydrogens (tertiary/aromatic N) is 1. The Balaban J connectivity index is 2.32. The lowest BCUT2D eigenvalue weighted by molar-refractivity contribution is -0.660. The number of benzene rings is 1. The van der Waals surface area contributed by atoms with Crippen LogP contribution in [0.25, 0.3) is 10.2 Å². The van der Waals surface area contributed by atoms with Crippen LogP contribution in [0.4, 0.5) is 5.69 Å². The molecular weight excluding hydrogens is 276 g/mol. The molecule has 1 aromatic heterocycles. The molecule has 0 aliphatic rings. The normalized spacial score (nSPS) is 10.2. The Bertz CT molecular complexity index is 655. The quantitative estimate of drug-likeness (QED) is 0.535. The number of anilines is 1. The highest BCUT2D eigenvalue weighted by molar-refractivity contribution is 7.80. The van der Waals surface area contributed by atoms with Crippen LogP contribution in [0.15, 0.2) is 18.2 Å². The van der Waals surface area contributed by atoms with Crippen LogP contribution in [0.3, 0.4) is 0 Å². The van der Waals surface area contributed by atoms with Crippen LogP contribution in [0.5, 0.6) is 0 Å². The highest BCUT2D eigenvalue weighted by Crippen LogP contribution is 2.23. The van der Waals surface area contributed by atoms with Gasteiger partial charge in [-0.2, -0.15) is 4.57 Å². The van der Waals surface area contributed by atoms with Crippen LogP contribution >= 0.6 is 23.6 Å². The fraction of sp³-hybridized carbons (Fsp3) is 0.286. The summed E-state index contributed by atoms with van der Waals surface area (Å²) in [6.07, 6.45) is 5.40. The van der Waals surface area contributed by atoms with Gasteiger partial charge >= 0.3 is 0 Å². The van der Waals surface area contributed by atoms with E-state index in [4.69, 9.17) is 23.4 Å². The Labute approximate surface area is 122 Å². The van der Waals surface area contributed by atoms with Crippen LogP contribution in [0.2, 0.25) is 0 Å². The van der Waals surface area contributed by atoms with Crippen LogP contribution in [0.1, 0.15) is 11.9 Å². The number of nitrogens with one attached hydrogen (secondary N) is 1. The predicted octanol–water partition coefficient (Wildman–Crippen LogP) is 2.86. The summed E-state index contributed by atoms with van der Waals surface area (Å²) >= 11 is 6.79. The number of aromatic nitrogens is 1. The third-order valence-electron chi connectivity index (χ3n) is 2.66. The van der Waals surface area contributed by atoms with Gasteiger partial charge in [-0.3, -0.25) is 0 Å². The molecule has 3 nitrogen and oxygen atoms in total. The maximum absolute atomic E-state index is 5.40. The van der Waals surface area contributed by atoms with E-state index >= 15 is 0 Å². The predicted molar refractivity (Wildman–Crippen MR) is 83.4 cm³/mol. The Hall–Kier alpha value is -1.64. The molecule has 0 saturated heterocycles. The van der Waals surface area contributed by atoms with Gasteiger partial charge in [0.1, 0.15) is 4.70 Å². The smallest absolute Gasteiger partial charge is 0.261 e. The fourth-order valence-electron chi connectivity index (χ4n) is 1.85. The number of rotatable bonds is 3. The fourth-order valence-corrected chi connectivity index (χ4v) is 3.15. The molecule has 5 heteroatoms. The highest BCUT2D eigenvalue weighted by Gasteiger charge is 2.16. The Kier molecular flexibility index (Phi) is 4.35. The van der Waals surface area contributed by atoms with Crippen molar-refractivity contribution < 1.29 is 9.30 Å². The number of hydrogen-bond donors (Lipinski definition) is 1. The number of hydrogen-bond acceptors (Lipinski definition) is 3. The monoisotopic (exact) mass is 291 g/mol. The summed E-state index contributed by atoms with van der Waals surface area (Å²) < 4.78 is 8.52. The molecule has 0 aliphatic carbocycles. The second kappa shape index (κ2) is 6.00. The minimum atomic E-state index is 0.395. The number of fused-ring (bicyclic) bond motifs is 1. The van der Waals surface area contributed by atoms with Gasteiger partial charge in [0.15, 0.2) is 0 Å². The van der Waals surface area contributed by atoms with Gasteiger partial charge in [0.05, 0.1) is 6.61 Å². The van der Waals surface area contributed by atoms with Gasteiger partial charge < -0.3 is 10.1 Å². The largest absolute Gasteiger partial charge is 0.471 e. The van der Waals surface area contributed by atoms with Crippen LogP contribution in [0, 0.1) is 19.3 Å². The van der Waals surface area contributed by atoms with E-state index < -0.39 is 0 Å². The molecule has 2 aromatic rings. The van der Waals surface area contributed by atoms with Crippen molar-refractivity contribution in [3.63, 3.8) is 0 Å². The topological polar surface area (TPSA) is 25.1 Å². The number of terminal acetylenes is 1. The molecule has 1 aromatic carbocycles. The Morgan fingerprint density at radius 2 is 2.37 bits per heavy atom. The van der Waals surface area contributed by atoms with Gasteiger partial charge in [0.2, 0.25) is 17.1 Å². The molecule has 2 rings (SSSR count). The molecule has 0 aliphatic heterocycles. The highest BCUT2D eigenvalue weighted by atomic mass is 32.1. The van der Waals surface area contributed by atoms with Gasteiger partial charge in [-0.05, 0) is 37.2 Å². The summed E-state index contributed by atoms with van der Waals surface area (Å²) in [5, 5.41) is 4.65. The minimum absolute atomic E-state index is 0.395. The zero-order chi connectivity index (χ0) is 13.8. The van der Waals surface area contributed by atoms with Gasteiger partial charge in [-0.15, -0.1) is 6.42 Å². The summed E-state index contributed by atoms with van der Waals surface area (Å²) in [5.41, 5.74) is 2.08. The molecule has 19 heavy (non-hydrogen) atoms. The van der Waals surface area contributed by atoms with E-state index in [9.17, 15) is 0 Å². The van der Waals surface area contributed by atoms with E-state index in [-0.39, 0.29) is 0 Å². The van der Waals surface area contributed by atoms with Crippen molar-refractivity contribution in [2.75, 3.05) is 11.9 Å². The first-order valence-corrected chi connectivity index (χ1v) is 7.18. The minimum Gasteiger partial charge on any atom is -0.471 e. The maximum atomic E-state index is 5.40. The molecule has 0 saturated carbocycles. The Morgan fingerprint density at radius 3 is 3.05 bits per heavy atom. The van der Waals surface area contributed by atoms with E-state index in [1.807, 2.05) is 19.1 Å². The van der Waals surface area contributed by atoms with Gasteiger partial charge in [-0.1, -0.05) is 11.3 Å².